The number of para-hydroxylation sites is 1. The van der Waals surface area contributed by atoms with Gasteiger partial charge in [0, 0.05) is 18.7 Å². The van der Waals surface area contributed by atoms with E-state index in [0.29, 0.717) is 0 Å². The summed E-state index contributed by atoms with van der Waals surface area (Å²) in [5.41, 5.74) is 0.972. The smallest absolute Gasteiger partial charge is 0.188 e. The van der Waals surface area contributed by atoms with Gasteiger partial charge in [-0.2, -0.15) is 0 Å². The van der Waals surface area contributed by atoms with E-state index >= 15 is 0 Å². The van der Waals surface area contributed by atoms with Gasteiger partial charge in [0.2, 0.25) is 0 Å². The standard InChI is InChI=1S/C12H15NO3/c1-14-9-5-3-2-4-8(9)12-15-10-6-13-7-11(10)16-12/h2-5,10-13H,6-7H2,1H3. The van der Waals surface area contributed by atoms with Crippen molar-refractivity contribution in [2.24, 2.45) is 0 Å². The molecule has 0 bridgehead atoms. The van der Waals surface area contributed by atoms with Crippen LogP contribution < -0.4 is 10.1 Å². The molecule has 4 heteroatoms. The lowest BCUT2D eigenvalue weighted by Gasteiger charge is -2.15. The number of methoxy groups -OCH3 is 1. The zero-order chi connectivity index (χ0) is 11.0. The van der Waals surface area contributed by atoms with E-state index in [4.69, 9.17) is 14.2 Å². The molecule has 2 saturated heterocycles. The zero-order valence-electron chi connectivity index (χ0n) is 9.18. The maximum absolute atomic E-state index is 5.85. The van der Waals surface area contributed by atoms with E-state index < -0.39 is 0 Å². The Labute approximate surface area is 94.5 Å². The summed E-state index contributed by atoms with van der Waals surface area (Å²) in [6.07, 6.45) is 0.0677. The molecule has 1 aromatic rings. The van der Waals surface area contributed by atoms with E-state index in [0.717, 1.165) is 24.4 Å². The summed E-state index contributed by atoms with van der Waals surface area (Å²) < 4.78 is 17.0. The van der Waals surface area contributed by atoms with Crippen molar-refractivity contribution in [3.05, 3.63) is 29.8 Å². The molecule has 2 unspecified atom stereocenters. The van der Waals surface area contributed by atoms with Crippen molar-refractivity contribution >= 4 is 0 Å². The summed E-state index contributed by atoms with van der Waals surface area (Å²) in [6.45, 7) is 1.74. The molecule has 0 saturated carbocycles. The third kappa shape index (κ3) is 1.59. The average Bonchev–Trinajstić information content (AvgIpc) is 2.89. The van der Waals surface area contributed by atoms with Crippen LogP contribution in [0.1, 0.15) is 11.9 Å². The van der Waals surface area contributed by atoms with E-state index in [1.54, 1.807) is 7.11 Å². The van der Waals surface area contributed by atoms with Crippen LogP contribution in [0.25, 0.3) is 0 Å². The lowest BCUT2D eigenvalue weighted by Crippen LogP contribution is -2.18. The van der Waals surface area contributed by atoms with Crippen LogP contribution in [-0.2, 0) is 9.47 Å². The molecule has 3 rings (SSSR count). The van der Waals surface area contributed by atoms with Gasteiger partial charge in [0.15, 0.2) is 6.29 Å². The SMILES string of the molecule is COc1ccccc1C1OC2CNCC2O1. The van der Waals surface area contributed by atoms with E-state index in [9.17, 15) is 0 Å². The Morgan fingerprint density at radius 2 is 1.88 bits per heavy atom. The van der Waals surface area contributed by atoms with Crippen molar-refractivity contribution in [3.8, 4) is 5.75 Å². The molecule has 16 heavy (non-hydrogen) atoms. The van der Waals surface area contributed by atoms with E-state index in [1.807, 2.05) is 24.3 Å². The number of fused-ring (bicyclic) bond motifs is 1. The average molecular weight is 221 g/mol. The third-order valence-electron chi connectivity index (χ3n) is 3.10. The van der Waals surface area contributed by atoms with Crippen molar-refractivity contribution in [3.63, 3.8) is 0 Å². The predicted molar refractivity (Wildman–Crippen MR) is 58.4 cm³/mol. The van der Waals surface area contributed by atoms with Crippen molar-refractivity contribution < 1.29 is 14.2 Å². The summed E-state index contributed by atoms with van der Waals surface area (Å²) in [6, 6.07) is 7.82. The molecule has 0 radical (unpaired) electrons. The van der Waals surface area contributed by atoms with Crippen LogP contribution in [0.4, 0.5) is 0 Å². The first-order chi connectivity index (χ1) is 7.88. The van der Waals surface area contributed by atoms with Gasteiger partial charge in [0.25, 0.3) is 0 Å². The Balaban J connectivity index is 1.83. The number of benzene rings is 1. The predicted octanol–water partition coefficient (Wildman–Crippen LogP) is 1.08. The van der Waals surface area contributed by atoms with Gasteiger partial charge in [-0.15, -0.1) is 0 Å². The topological polar surface area (TPSA) is 39.7 Å². The summed E-state index contributed by atoms with van der Waals surface area (Å²) in [4.78, 5) is 0. The zero-order valence-corrected chi connectivity index (χ0v) is 9.18. The maximum Gasteiger partial charge on any atom is 0.188 e. The molecule has 86 valence electrons. The number of hydrogen-bond acceptors (Lipinski definition) is 4. The molecule has 0 amide bonds. The minimum Gasteiger partial charge on any atom is -0.496 e. The first-order valence-electron chi connectivity index (χ1n) is 5.53. The van der Waals surface area contributed by atoms with Crippen LogP contribution in [0.3, 0.4) is 0 Å². The van der Waals surface area contributed by atoms with Crippen molar-refractivity contribution in [1.29, 1.82) is 0 Å². The Kier molecular flexibility index (Phi) is 2.55. The fourth-order valence-corrected chi connectivity index (χ4v) is 2.26. The highest BCUT2D eigenvalue weighted by atomic mass is 16.7. The molecular weight excluding hydrogens is 206 g/mol. The number of nitrogens with one attached hydrogen (secondary N) is 1. The summed E-state index contributed by atoms with van der Waals surface area (Å²) >= 11 is 0. The minimum atomic E-state index is -0.284. The van der Waals surface area contributed by atoms with Gasteiger partial charge in [-0.05, 0) is 6.07 Å². The molecular formula is C12H15NO3. The van der Waals surface area contributed by atoms with Crippen LogP contribution in [0.5, 0.6) is 5.75 Å². The Morgan fingerprint density at radius 1 is 1.19 bits per heavy atom. The third-order valence-corrected chi connectivity index (χ3v) is 3.10. The molecule has 2 heterocycles. The fourth-order valence-electron chi connectivity index (χ4n) is 2.26. The molecule has 0 aromatic heterocycles. The van der Waals surface area contributed by atoms with E-state index in [1.165, 1.54) is 0 Å². The molecule has 2 atom stereocenters. The number of hydrogen-bond donors (Lipinski definition) is 1. The van der Waals surface area contributed by atoms with Crippen molar-refractivity contribution in [2.45, 2.75) is 18.5 Å². The lowest BCUT2D eigenvalue weighted by molar-refractivity contribution is -0.0740. The molecule has 1 aromatic carbocycles. The first kappa shape index (κ1) is 10.1. The quantitative estimate of drug-likeness (QED) is 0.811. The normalized spacial score (nSPS) is 32.7. The summed E-state index contributed by atoms with van der Waals surface area (Å²) in [5.74, 6) is 0.820. The minimum absolute atomic E-state index is 0.176. The maximum atomic E-state index is 5.85. The van der Waals surface area contributed by atoms with Crippen molar-refractivity contribution in [1.82, 2.24) is 5.32 Å². The van der Waals surface area contributed by atoms with Crippen LogP contribution in [-0.4, -0.2) is 32.4 Å². The highest BCUT2D eigenvalue weighted by Crippen LogP contribution is 2.36. The second kappa shape index (κ2) is 4.05. The second-order valence-electron chi connectivity index (χ2n) is 4.08. The van der Waals surface area contributed by atoms with Gasteiger partial charge in [0.05, 0.1) is 7.11 Å². The number of ether oxygens (including phenoxy) is 3. The molecule has 0 spiro atoms. The van der Waals surface area contributed by atoms with Crippen LogP contribution in [0.2, 0.25) is 0 Å². The fraction of sp³-hybridized carbons (Fsp3) is 0.500. The highest BCUT2D eigenvalue weighted by Gasteiger charge is 2.40. The van der Waals surface area contributed by atoms with Gasteiger partial charge >= 0.3 is 0 Å². The first-order valence-corrected chi connectivity index (χ1v) is 5.53. The summed E-state index contributed by atoms with van der Waals surface area (Å²) in [5, 5.41) is 3.24. The lowest BCUT2D eigenvalue weighted by atomic mass is 10.2. The molecule has 2 aliphatic rings. The largest absolute Gasteiger partial charge is 0.496 e. The number of rotatable bonds is 2. The molecule has 2 aliphatic heterocycles. The molecule has 1 N–H and O–H groups in total. The Hall–Kier alpha value is -1.10. The van der Waals surface area contributed by atoms with Gasteiger partial charge in [-0.1, -0.05) is 18.2 Å². The Morgan fingerprint density at radius 3 is 2.56 bits per heavy atom. The monoisotopic (exact) mass is 221 g/mol. The van der Waals surface area contributed by atoms with Gasteiger partial charge in [-0.25, -0.2) is 0 Å². The Bertz CT molecular complexity index is 370. The van der Waals surface area contributed by atoms with Gasteiger partial charge < -0.3 is 19.5 Å². The second-order valence-corrected chi connectivity index (χ2v) is 4.08. The van der Waals surface area contributed by atoms with E-state index in [2.05, 4.69) is 5.32 Å². The molecule has 0 aliphatic carbocycles. The van der Waals surface area contributed by atoms with Crippen LogP contribution >= 0.6 is 0 Å². The van der Waals surface area contributed by atoms with Gasteiger partial charge in [0.1, 0.15) is 18.0 Å². The van der Waals surface area contributed by atoms with Crippen molar-refractivity contribution in [2.75, 3.05) is 20.2 Å². The molecule has 2 fully saturated rings. The summed E-state index contributed by atoms with van der Waals surface area (Å²) in [7, 11) is 1.66. The van der Waals surface area contributed by atoms with Gasteiger partial charge in [-0.3, -0.25) is 0 Å². The van der Waals surface area contributed by atoms with E-state index in [-0.39, 0.29) is 18.5 Å². The van der Waals surface area contributed by atoms with Crippen LogP contribution in [0.15, 0.2) is 24.3 Å². The van der Waals surface area contributed by atoms with Crippen LogP contribution in [0, 0.1) is 0 Å². The molecule has 4 nitrogen and oxygen atoms in total. The highest BCUT2D eigenvalue weighted by molar-refractivity contribution is 5.34.